The molecule has 0 aromatic rings. The van der Waals surface area contributed by atoms with Gasteiger partial charge in [-0.15, -0.1) is 0 Å². The first-order chi connectivity index (χ1) is 15.0. The lowest BCUT2D eigenvalue weighted by Gasteiger charge is -2.59. The van der Waals surface area contributed by atoms with Crippen molar-refractivity contribution in [2.45, 2.75) is 111 Å². The average Bonchev–Trinajstić information content (AvgIpc) is 3.39. The van der Waals surface area contributed by atoms with E-state index in [1.54, 1.807) is 0 Å². The molecule has 4 heteroatoms. The number of rotatable bonds is 5. The molecule has 13 atom stereocenters. The second-order valence-electron chi connectivity index (χ2n) is 13.4. The van der Waals surface area contributed by atoms with Gasteiger partial charge in [-0.3, -0.25) is 4.79 Å². The van der Waals surface area contributed by atoms with Crippen molar-refractivity contribution in [1.29, 1.82) is 0 Å². The molecular formula is C28H46O4. The van der Waals surface area contributed by atoms with Gasteiger partial charge < -0.3 is 14.9 Å². The van der Waals surface area contributed by atoms with E-state index in [2.05, 4.69) is 41.5 Å². The van der Waals surface area contributed by atoms with Crippen LogP contribution in [0.4, 0.5) is 0 Å². The maximum atomic E-state index is 13.4. The number of hydrogen-bond donors (Lipinski definition) is 2. The zero-order chi connectivity index (χ0) is 23.2. The molecule has 32 heavy (non-hydrogen) atoms. The Morgan fingerprint density at radius 3 is 2.31 bits per heavy atom. The summed E-state index contributed by atoms with van der Waals surface area (Å²) in [7, 11) is 0. The molecule has 4 saturated carbocycles. The zero-order valence-corrected chi connectivity index (χ0v) is 21.1. The van der Waals surface area contributed by atoms with Gasteiger partial charge in [-0.05, 0) is 90.8 Å². The molecule has 0 aromatic carbocycles. The van der Waals surface area contributed by atoms with Crippen molar-refractivity contribution in [2.75, 3.05) is 0 Å². The number of carbonyl (C=O) groups is 1. The van der Waals surface area contributed by atoms with Crippen molar-refractivity contribution in [1.82, 2.24) is 0 Å². The SMILES string of the molecule is CC(C)[C@@H](C)[C@@H](O)[C@H](O)[C@@H](C)[C@H]1CCC2C3CC(=O)C4C[C@H]5O[C@H]5C[C@]4(C)C3CC[C@@]21C. The molecule has 5 rings (SSSR count). The van der Waals surface area contributed by atoms with E-state index in [0.717, 1.165) is 25.7 Å². The number of Topliss-reactive ketones (excluding diaryl/α,β-unsaturated/α-hetero) is 1. The third kappa shape index (κ3) is 3.29. The van der Waals surface area contributed by atoms with Gasteiger partial charge in [-0.1, -0.05) is 41.5 Å². The lowest BCUT2D eigenvalue weighted by molar-refractivity contribution is -0.154. The Labute approximate surface area is 194 Å². The molecule has 0 aromatic heterocycles. The van der Waals surface area contributed by atoms with Crippen molar-refractivity contribution in [2.24, 2.45) is 58.2 Å². The summed E-state index contributed by atoms with van der Waals surface area (Å²) in [6.45, 7) is 13.3. The summed E-state index contributed by atoms with van der Waals surface area (Å²) in [5, 5.41) is 22.0. The number of carbonyl (C=O) groups excluding carboxylic acids is 1. The van der Waals surface area contributed by atoms with Gasteiger partial charge >= 0.3 is 0 Å². The van der Waals surface area contributed by atoms with Gasteiger partial charge in [0.05, 0.1) is 24.4 Å². The minimum absolute atomic E-state index is 0.0793. The largest absolute Gasteiger partial charge is 0.390 e. The molecule has 1 aliphatic heterocycles. The van der Waals surface area contributed by atoms with Crippen LogP contribution in [0.5, 0.6) is 0 Å². The average molecular weight is 447 g/mol. The van der Waals surface area contributed by atoms with E-state index in [4.69, 9.17) is 4.74 Å². The Bertz CT molecular complexity index is 750. The van der Waals surface area contributed by atoms with E-state index in [-0.39, 0.29) is 28.6 Å². The van der Waals surface area contributed by atoms with E-state index < -0.39 is 12.2 Å². The van der Waals surface area contributed by atoms with Crippen molar-refractivity contribution < 1.29 is 19.7 Å². The number of aliphatic hydroxyl groups excluding tert-OH is 2. The molecule has 0 amide bonds. The summed E-state index contributed by atoms with van der Waals surface area (Å²) in [6.07, 6.45) is 6.92. The molecule has 5 aliphatic rings. The highest BCUT2D eigenvalue weighted by Gasteiger charge is 2.66. The van der Waals surface area contributed by atoms with Gasteiger partial charge in [-0.2, -0.15) is 0 Å². The molecule has 0 bridgehead atoms. The number of hydrogen-bond acceptors (Lipinski definition) is 4. The van der Waals surface area contributed by atoms with Gasteiger partial charge in [0.25, 0.3) is 0 Å². The van der Waals surface area contributed by atoms with Crippen LogP contribution in [0.15, 0.2) is 0 Å². The third-order valence-electron chi connectivity index (χ3n) is 11.9. The van der Waals surface area contributed by atoms with Gasteiger partial charge in [-0.25, -0.2) is 0 Å². The van der Waals surface area contributed by atoms with E-state index in [1.807, 2.05) is 0 Å². The monoisotopic (exact) mass is 446 g/mol. The van der Waals surface area contributed by atoms with Crippen molar-refractivity contribution >= 4 is 5.78 Å². The third-order valence-corrected chi connectivity index (χ3v) is 11.9. The zero-order valence-electron chi connectivity index (χ0n) is 21.1. The Kier molecular flexibility index (Phi) is 5.67. The van der Waals surface area contributed by atoms with Crippen LogP contribution in [0, 0.1) is 58.2 Å². The Balaban J connectivity index is 1.36. The summed E-state index contributed by atoms with van der Waals surface area (Å²) in [4.78, 5) is 13.4. The summed E-state index contributed by atoms with van der Waals surface area (Å²) >= 11 is 0. The van der Waals surface area contributed by atoms with Gasteiger partial charge in [0.15, 0.2) is 0 Å². The molecule has 4 nitrogen and oxygen atoms in total. The summed E-state index contributed by atoms with van der Waals surface area (Å²) in [5.74, 6) is 3.34. The molecule has 4 unspecified atom stereocenters. The van der Waals surface area contributed by atoms with Crippen LogP contribution in [-0.4, -0.2) is 40.4 Å². The van der Waals surface area contributed by atoms with Crippen LogP contribution < -0.4 is 0 Å². The molecule has 0 radical (unpaired) electrons. The number of ether oxygens (including phenoxy) is 1. The van der Waals surface area contributed by atoms with Gasteiger partial charge in [0.2, 0.25) is 0 Å². The highest BCUT2D eigenvalue weighted by Crippen LogP contribution is 2.69. The summed E-state index contributed by atoms with van der Waals surface area (Å²) in [5.41, 5.74) is 0.282. The Morgan fingerprint density at radius 1 is 0.938 bits per heavy atom. The highest BCUT2D eigenvalue weighted by molar-refractivity contribution is 5.83. The van der Waals surface area contributed by atoms with Crippen LogP contribution in [-0.2, 0) is 9.53 Å². The second kappa shape index (κ2) is 7.78. The van der Waals surface area contributed by atoms with Crippen LogP contribution in [0.3, 0.4) is 0 Å². The molecule has 1 saturated heterocycles. The molecule has 1 heterocycles. The number of epoxide rings is 1. The van der Waals surface area contributed by atoms with Crippen LogP contribution in [0.1, 0.15) is 86.5 Å². The number of aliphatic hydroxyl groups is 2. The predicted molar refractivity (Wildman–Crippen MR) is 125 cm³/mol. The molecule has 2 N–H and O–H groups in total. The topological polar surface area (TPSA) is 70.1 Å². The maximum absolute atomic E-state index is 13.4. The van der Waals surface area contributed by atoms with E-state index in [1.165, 1.54) is 19.3 Å². The fourth-order valence-corrected chi connectivity index (χ4v) is 9.48. The van der Waals surface area contributed by atoms with Crippen molar-refractivity contribution in [3.8, 4) is 0 Å². The standard InChI is InChI=1S/C28H46O4/c1-14(2)15(3)25(30)26(31)16(4)18-7-8-19-17-11-22(29)21-12-23-24(32-23)13-28(21,6)20(17)9-10-27(18,19)5/h14-21,23-26,30-31H,7-13H2,1-6H3/t15-,16+,17?,18-,19?,20?,21?,23-,24+,25-,26-,27-,28-/m1/s1. The summed E-state index contributed by atoms with van der Waals surface area (Å²) < 4.78 is 5.90. The number of ketones is 1. The first-order valence-corrected chi connectivity index (χ1v) is 13.5. The van der Waals surface area contributed by atoms with Crippen molar-refractivity contribution in [3.05, 3.63) is 0 Å². The first kappa shape index (κ1) is 23.3. The summed E-state index contributed by atoms with van der Waals surface area (Å²) in [6, 6.07) is 0. The van der Waals surface area contributed by atoms with Crippen LogP contribution >= 0.6 is 0 Å². The normalized spacial score (nSPS) is 51.2. The highest BCUT2D eigenvalue weighted by atomic mass is 16.6. The van der Waals surface area contributed by atoms with E-state index >= 15 is 0 Å². The van der Waals surface area contributed by atoms with E-state index in [9.17, 15) is 15.0 Å². The fraction of sp³-hybridized carbons (Fsp3) is 0.964. The second-order valence-corrected chi connectivity index (χ2v) is 13.4. The molecule has 0 spiro atoms. The first-order valence-electron chi connectivity index (χ1n) is 13.5. The molecular weight excluding hydrogens is 400 g/mol. The van der Waals surface area contributed by atoms with Gasteiger partial charge in [0.1, 0.15) is 5.78 Å². The van der Waals surface area contributed by atoms with Crippen LogP contribution in [0.2, 0.25) is 0 Å². The Morgan fingerprint density at radius 2 is 1.62 bits per heavy atom. The minimum atomic E-state index is -0.678. The fourth-order valence-electron chi connectivity index (χ4n) is 9.48. The lowest BCUT2D eigenvalue weighted by Crippen LogP contribution is -2.57. The number of fused-ring (bicyclic) bond motifs is 6. The molecule has 4 aliphatic carbocycles. The van der Waals surface area contributed by atoms with Crippen LogP contribution in [0.25, 0.3) is 0 Å². The van der Waals surface area contributed by atoms with E-state index in [0.29, 0.717) is 47.6 Å². The van der Waals surface area contributed by atoms with Crippen molar-refractivity contribution in [3.63, 3.8) is 0 Å². The maximum Gasteiger partial charge on any atom is 0.136 e. The quantitative estimate of drug-likeness (QED) is 0.592. The molecule has 182 valence electrons. The predicted octanol–water partition coefficient (Wildman–Crippen LogP) is 4.85. The minimum Gasteiger partial charge on any atom is -0.390 e. The smallest absolute Gasteiger partial charge is 0.136 e. The Hall–Kier alpha value is -0.450. The lowest BCUT2D eigenvalue weighted by atomic mass is 9.44. The van der Waals surface area contributed by atoms with Gasteiger partial charge in [0, 0.05) is 12.3 Å². The molecule has 5 fully saturated rings.